The maximum absolute atomic E-state index is 15.4. The number of hydrogen-bond acceptors (Lipinski definition) is 7. The van der Waals surface area contributed by atoms with Crippen LogP contribution in [-0.4, -0.2) is 27.1 Å². The summed E-state index contributed by atoms with van der Waals surface area (Å²) in [6.45, 7) is 3.73. The molecule has 4 aromatic carbocycles. The van der Waals surface area contributed by atoms with Crippen LogP contribution in [0.25, 0.3) is 16.6 Å². The van der Waals surface area contributed by atoms with Crippen molar-refractivity contribution in [3.05, 3.63) is 147 Å². The number of benzene rings is 4. The fraction of sp³-hybridized carbons (Fsp3) is 0.135. The van der Waals surface area contributed by atoms with E-state index < -0.39 is 34.8 Å². The van der Waals surface area contributed by atoms with Crippen molar-refractivity contribution in [2.45, 2.75) is 26.5 Å². The van der Waals surface area contributed by atoms with Gasteiger partial charge in [-0.25, -0.2) is 18.1 Å². The number of halogens is 2. The maximum Gasteiger partial charge on any atom is 0.335 e. The van der Waals surface area contributed by atoms with Crippen molar-refractivity contribution >= 4 is 22.5 Å². The third kappa shape index (κ3) is 6.89. The van der Waals surface area contributed by atoms with Gasteiger partial charge >= 0.3 is 5.69 Å². The molecule has 0 aliphatic carbocycles. The summed E-state index contributed by atoms with van der Waals surface area (Å²) >= 11 is 0. The van der Waals surface area contributed by atoms with Crippen molar-refractivity contribution in [1.29, 1.82) is 0 Å². The standard InChI is InChI=1S/C37H30F2N4O6/c1-22(2)42-20-28(36(45)43(37(42)46)26-12-9-24(38)10-13-26)35(44)41-25-11-14-32(29(39)17-25)49-31-15-16-40-30-19-34(33(47-3)18-27(30)31)48-21-23-7-5-4-6-8-23/h4-20,22H,21H2,1-3H3,(H,41,44). The van der Waals surface area contributed by atoms with Crippen LogP contribution in [0.2, 0.25) is 0 Å². The van der Waals surface area contributed by atoms with Crippen molar-refractivity contribution in [1.82, 2.24) is 14.1 Å². The number of ether oxygens (including phenoxy) is 3. The van der Waals surface area contributed by atoms with Crippen molar-refractivity contribution < 1.29 is 27.8 Å². The number of anilines is 1. The van der Waals surface area contributed by atoms with Crippen molar-refractivity contribution in [2.75, 3.05) is 12.4 Å². The van der Waals surface area contributed by atoms with Crippen molar-refractivity contribution in [3.8, 4) is 28.7 Å². The first-order valence-corrected chi connectivity index (χ1v) is 15.2. The van der Waals surface area contributed by atoms with E-state index in [1.165, 1.54) is 42.1 Å². The van der Waals surface area contributed by atoms with Gasteiger partial charge in [-0.15, -0.1) is 0 Å². The van der Waals surface area contributed by atoms with Gasteiger partial charge in [0.1, 0.15) is 23.7 Å². The minimum absolute atomic E-state index is 0.0336. The Morgan fingerprint density at radius 1 is 0.878 bits per heavy atom. The number of hydrogen-bond donors (Lipinski definition) is 1. The number of amides is 1. The first kappa shape index (κ1) is 32.6. The lowest BCUT2D eigenvalue weighted by Gasteiger charge is -2.16. The number of aromatic nitrogens is 3. The van der Waals surface area contributed by atoms with E-state index in [1.807, 2.05) is 30.3 Å². The second-order valence-corrected chi connectivity index (χ2v) is 11.2. The molecule has 6 aromatic rings. The highest BCUT2D eigenvalue weighted by Gasteiger charge is 2.21. The molecule has 0 atom stereocenters. The molecule has 0 fully saturated rings. The Morgan fingerprint density at radius 3 is 2.33 bits per heavy atom. The second kappa shape index (κ2) is 13.8. The van der Waals surface area contributed by atoms with Gasteiger partial charge in [-0.05, 0) is 67.9 Å². The molecule has 10 nitrogen and oxygen atoms in total. The molecule has 0 radical (unpaired) electrons. The number of methoxy groups -OCH3 is 1. The summed E-state index contributed by atoms with van der Waals surface area (Å²) in [6.07, 6.45) is 2.67. The normalized spacial score (nSPS) is 11.1. The number of carbonyl (C=O) groups is 1. The van der Waals surface area contributed by atoms with Crippen LogP contribution in [0.15, 0.2) is 113 Å². The average Bonchev–Trinajstić information content (AvgIpc) is 3.09. The molecular weight excluding hydrogens is 634 g/mol. The fourth-order valence-corrected chi connectivity index (χ4v) is 5.12. The van der Waals surface area contributed by atoms with E-state index in [0.29, 0.717) is 34.8 Å². The highest BCUT2D eigenvalue weighted by atomic mass is 19.1. The third-order valence-corrected chi connectivity index (χ3v) is 7.63. The van der Waals surface area contributed by atoms with Crippen LogP contribution in [-0.2, 0) is 6.61 Å². The largest absolute Gasteiger partial charge is 0.493 e. The van der Waals surface area contributed by atoms with Gasteiger partial charge in [0.2, 0.25) is 0 Å². The third-order valence-electron chi connectivity index (χ3n) is 7.63. The predicted octanol–water partition coefficient (Wildman–Crippen LogP) is 7.04. The highest BCUT2D eigenvalue weighted by molar-refractivity contribution is 6.04. The minimum atomic E-state index is -0.917. The monoisotopic (exact) mass is 664 g/mol. The smallest absolute Gasteiger partial charge is 0.335 e. The highest BCUT2D eigenvalue weighted by Crippen LogP contribution is 2.38. The van der Waals surface area contributed by atoms with Gasteiger partial charge < -0.3 is 19.5 Å². The molecule has 1 amide bonds. The molecule has 0 aliphatic rings. The first-order chi connectivity index (χ1) is 23.6. The molecule has 0 aliphatic heterocycles. The van der Waals surface area contributed by atoms with Gasteiger partial charge in [0, 0.05) is 41.6 Å². The van der Waals surface area contributed by atoms with Gasteiger partial charge in [-0.1, -0.05) is 30.3 Å². The van der Waals surface area contributed by atoms with Gasteiger partial charge in [-0.2, -0.15) is 0 Å². The summed E-state index contributed by atoms with van der Waals surface area (Å²) in [5.74, 6) is -1.16. The Labute approximate surface area is 278 Å². The van der Waals surface area contributed by atoms with E-state index >= 15 is 4.39 Å². The zero-order valence-corrected chi connectivity index (χ0v) is 26.6. The minimum Gasteiger partial charge on any atom is -0.493 e. The topological polar surface area (TPSA) is 114 Å². The molecule has 49 heavy (non-hydrogen) atoms. The molecule has 0 saturated carbocycles. The fourth-order valence-electron chi connectivity index (χ4n) is 5.12. The lowest BCUT2D eigenvalue weighted by Crippen LogP contribution is -2.42. The summed E-state index contributed by atoms with van der Waals surface area (Å²) in [7, 11) is 1.51. The van der Waals surface area contributed by atoms with E-state index in [0.717, 1.165) is 34.5 Å². The van der Waals surface area contributed by atoms with Crippen LogP contribution in [0.3, 0.4) is 0 Å². The lowest BCUT2D eigenvalue weighted by molar-refractivity contribution is 0.102. The molecule has 6 rings (SSSR count). The van der Waals surface area contributed by atoms with Crippen molar-refractivity contribution in [2.24, 2.45) is 0 Å². The second-order valence-electron chi connectivity index (χ2n) is 11.2. The van der Waals surface area contributed by atoms with E-state index in [4.69, 9.17) is 14.2 Å². The summed E-state index contributed by atoms with van der Waals surface area (Å²) in [5, 5.41) is 3.06. The summed E-state index contributed by atoms with van der Waals surface area (Å²) in [4.78, 5) is 44.2. The zero-order chi connectivity index (χ0) is 34.7. The van der Waals surface area contributed by atoms with Crippen LogP contribution >= 0.6 is 0 Å². The average molecular weight is 665 g/mol. The molecule has 2 aromatic heterocycles. The first-order valence-electron chi connectivity index (χ1n) is 15.2. The molecule has 0 unspecified atom stereocenters. The quantitative estimate of drug-likeness (QED) is 0.167. The predicted molar refractivity (Wildman–Crippen MR) is 180 cm³/mol. The van der Waals surface area contributed by atoms with Crippen LogP contribution in [0, 0.1) is 11.6 Å². The molecule has 0 saturated heterocycles. The summed E-state index contributed by atoms with van der Waals surface area (Å²) in [5.41, 5.74) is -0.363. The van der Waals surface area contributed by atoms with Crippen LogP contribution in [0.1, 0.15) is 35.8 Å². The molecule has 1 N–H and O–H groups in total. The summed E-state index contributed by atoms with van der Waals surface area (Å²) < 4.78 is 48.4. The Morgan fingerprint density at radius 2 is 1.63 bits per heavy atom. The Balaban J connectivity index is 1.25. The summed E-state index contributed by atoms with van der Waals surface area (Å²) in [6, 6.07) is 22.7. The van der Waals surface area contributed by atoms with Crippen LogP contribution in [0.5, 0.6) is 23.0 Å². The Hall–Kier alpha value is -6.30. The number of carbonyl (C=O) groups excluding carboxylic acids is 1. The Bertz CT molecular complexity index is 2290. The van der Waals surface area contributed by atoms with E-state index in [9.17, 15) is 18.8 Å². The van der Waals surface area contributed by atoms with E-state index in [2.05, 4.69) is 10.3 Å². The molecule has 2 heterocycles. The van der Waals surface area contributed by atoms with Crippen LogP contribution < -0.4 is 30.8 Å². The molecular formula is C37H30F2N4O6. The van der Waals surface area contributed by atoms with Crippen molar-refractivity contribution in [3.63, 3.8) is 0 Å². The number of nitrogens with zero attached hydrogens (tertiary/aromatic N) is 3. The maximum atomic E-state index is 15.4. The zero-order valence-electron chi connectivity index (χ0n) is 26.6. The van der Waals surface area contributed by atoms with E-state index in [-0.39, 0.29) is 22.7 Å². The number of rotatable bonds is 10. The molecule has 248 valence electrons. The molecule has 12 heteroatoms. The lowest BCUT2D eigenvalue weighted by atomic mass is 10.1. The SMILES string of the molecule is COc1cc2c(Oc3ccc(NC(=O)c4cn(C(C)C)c(=O)n(-c5ccc(F)cc5)c4=O)cc3F)ccnc2cc1OCc1ccccc1. The van der Waals surface area contributed by atoms with E-state index in [1.54, 1.807) is 32.0 Å². The molecule has 0 spiro atoms. The Kier molecular flexibility index (Phi) is 9.20. The number of pyridine rings is 1. The van der Waals surface area contributed by atoms with Crippen LogP contribution in [0.4, 0.5) is 14.5 Å². The van der Waals surface area contributed by atoms with Gasteiger partial charge in [0.25, 0.3) is 11.5 Å². The number of nitrogens with one attached hydrogen (secondary N) is 1. The number of fused-ring (bicyclic) bond motifs is 1. The van der Waals surface area contributed by atoms with Gasteiger partial charge in [0.15, 0.2) is 23.1 Å². The van der Waals surface area contributed by atoms with Gasteiger partial charge in [-0.3, -0.25) is 19.1 Å². The van der Waals surface area contributed by atoms with Gasteiger partial charge in [0.05, 0.1) is 18.3 Å². The molecule has 0 bridgehead atoms.